The van der Waals surface area contributed by atoms with E-state index in [4.69, 9.17) is 16.3 Å². The lowest BCUT2D eigenvalue weighted by molar-refractivity contribution is 0.416. The van der Waals surface area contributed by atoms with Gasteiger partial charge in [-0.05, 0) is 30.5 Å². The normalized spacial score (nSPS) is 13.1. The van der Waals surface area contributed by atoms with E-state index in [9.17, 15) is 8.42 Å². The fraction of sp³-hybridized carbons (Fsp3) is 0.500. The number of aryl methyl sites for hydroxylation is 1. The van der Waals surface area contributed by atoms with E-state index in [0.29, 0.717) is 17.3 Å². The molecule has 102 valence electrons. The molecule has 4 nitrogen and oxygen atoms in total. The molecule has 1 N–H and O–H groups in total. The summed E-state index contributed by atoms with van der Waals surface area (Å²) in [6.45, 7) is 3.70. The van der Waals surface area contributed by atoms with Crippen LogP contribution in [0.5, 0.6) is 5.75 Å². The summed E-state index contributed by atoms with van der Waals surface area (Å²) in [7, 11) is -1.90. The molecule has 0 aliphatic carbocycles. The highest BCUT2D eigenvalue weighted by Crippen LogP contribution is 2.26. The number of alkyl halides is 1. The molecular weight excluding hydrogens is 274 g/mol. The van der Waals surface area contributed by atoms with Crippen LogP contribution >= 0.6 is 11.6 Å². The van der Waals surface area contributed by atoms with Crippen molar-refractivity contribution < 1.29 is 13.2 Å². The molecule has 0 aromatic heterocycles. The number of hydrogen-bond donors (Lipinski definition) is 1. The first-order valence-electron chi connectivity index (χ1n) is 5.59. The van der Waals surface area contributed by atoms with Gasteiger partial charge in [0, 0.05) is 5.88 Å². The standard InChI is InChI=1S/C12H18ClNO3S/c1-9-4-5-11(12(6-9)17-3)14-18(15,16)8-10(2)7-13/h4-6,10,14H,7-8H2,1-3H3. The zero-order valence-electron chi connectivity index (χ0n) is 10.7. The van der Waals surface area contributed by atoms with Crippen molar-refractivity contribution in [2.24, 2.45) is 5.92 Å². The molecule has 0 saturated heterocycles. The van der Waals surface area contributed by atoms with Crippen LogP contribution in [0.15, 0.2) is 18.2 Å². The predicted octanol–water partition coefficient (Wildman–Crippen LogP) is 2.62. The maximum Gasteiger partial charge on any atom is 0.233 e. The van der Waals surface area contributed by atoms with Crippen molar-refractivity contribution in [3.63, 3.8) is 0 Å². The van der Waals surface area contributed by atoms with E-state index < -0.39 is 10.0 Å². The van der Waals surface area contributed by atoms with Gasteiger partial charge in [-0.3, -0.25) is 4.72 Å². The molecule has 18 heavy (non-hydrogen) atoms. The Kier molecular flexibility index (Phi) is 5.28. The number of benzene rings is 1. The van der Waals surface area contributed by atoms with Gasteiger partial charge >= 0.3 is 0 Å². The lowest BCUT2D eigenvalue weighted by Gasteiger charge is -2.14. The van der Waals surface area contributed by atoms with Crippen molar-refractivity contribution in [2.45, 2.75) is 13.8 Å². The molecule has 0 fully saturated rings. The van der Waals surface area contributed by atoms with Gasteiger partial charge in [0.05, 0.1) is 18.6 Å². The minimum absolute atomic E-state index is 0.00642. The monoisotopic (exact) mass is 291 g/mol. The molecular formula is C12H18ClNO3S. The van der Waals surface area contributed by atoms with Gasteiger partial charge in [-0.2, -0.15) is 0 Å². The van der Waals surface area contributed by atoms with Gasteiger partial charge in [-0.1, -0.05) is 13.0 Å². The average Bonchev–Trinajstić information content (AvgIpc) is 2.30. The molecule has 0 saturated carbocycles. The van der Waals surface area contributed by atoms with Crippen LogP contribution in [-0.4, -0.2) is 27.2 Å². The van der Waals surface area contributed by atoms with Crippen LogP contribution in [0.4, 0.5) is 5.69 Å². The summed E-state index contributed by atoms with van der Waals surface area (Å²) in [5.74, 6) is 0.720. The van der Waals surface area contributed by atoms with Crippen LogP contribution < -0.4 is 9.46 Å². The van der Waals surface area contributed by atoms with Crippen LogP contribution in [0.2, 0.25) is 0 Å². The molecule has 0 amide bonds. The lowest BCUT2D eigenvalue weighted by Crippen LogP contribution is -2.22. The Labute approximate surface area is 113 Å². The summed E-state index contributed by atoms with van der Waals surface area (Å²) in [5, 5.41) is 0. The predicted molar refractivity (Wildman–Crippen MR) is 75.0 cm³/mol. The van der Waals surface area contributed by atoms with Gasteiger partial charge in [0.15, 0.2) is 0 Å². The highest BCUT2D eigenvalue weighted by molar-refractivity contribution is 7.92. The van der Waals surface area contributed by atoms with Gasteiger partial charge in [0.2, 0.25) is 10.0 Å². The summed E-state index contributed by atoms with van der Waals surface area (Å²) in [5.41, 5.74) is 1.45. The topological polar surface area (TPSA) is 55.4 Å². The van der Waals surface area contributed by atoms with Crippen LogP contribution in [0, 0.1) is 12.8 Å². The largest absolute Gasteiger partial charge is 0.495 e. The lowest BCUT2D eigenvalue weighted by atomic mass is 10.2. The zero-order valence-corrected chi connectivity index (χ0v) is 12.3. The molecule has 0 heterocycles. The van der Waals surface area contributed by atoms with Crippen molar-refractivity contribution in [3.8, 4) is 5.75 Å². The van der Waals surface area contributed by atoms with E-state index in [0.717, 1.165) is 5.56 Å². The Morgan fingerprint density at radius 1 is 1.44 bits per heavy atom. The summed E-state index contributed by atoms with van der Waals surface area (Å²) >= 11 is 5.62. The number of nitrogens with one attached hydrogen (secondary N) is 1. The van der Waals surface area contributed by atoms with Crippen LogP contribution in [0.25, 0.3) is 0 Å². The van der Waals surface area contributed by atoms with Gasteiger partial charge in [0.25, 0.3) is 0 Å². The number of sulfonamides is 1. The Hall–Kier alpha value is -0.940. The number of hydrogen-bond acceptors (Lipinski definition) is 3. The number of ether oxygens (including phenoxy) is 1. The van der Waals surface area contributed by atoms with Crippen molar-refractivity contribution >= 4 is 27.3 Å². The van der Waals surface area contributed by atoms with Crippen LogP contribution in [0.1, 0.15) is 12.5 Å². The number of methoxy groups -OCH3 is 1. The van der Waals surface area contributed by atoms with E-state index in [1.54, 1.807) is 19.1 Å². The van der Waals surface area contributed by atoms with Crippen molar-refractivity contribution in [1.29, 1.82) is 0 Å². The fourth-order valence-electron chi connectivity index (χ4n) is 1.51. The number of rotatable bonds is 6. The van der Waals surface area contributed by atoms with E-state index in [2.05, 4.69) is 4.72 Å². The third-order valence-electron chi connectivity index (χ3n) is 2.39. The van der Waals surface area contributed by atoms with Gasteiger partial charge in [-0.15, -0.1) is 11.6 Å². The summed E-state index contributed by atoms with van der Waals surface area (Å²) in [6.07, 6.45) is 0. The second-order valence-corrected chi connectivity index (χ2v) is 6.42. The van der Waals surface area contributed by atoms with E-state index >= 15 is 0 Å². The summed E-state index contributed by atoms with van der Waals surface area (Å²) in [4.78, 5) is 0. The Balaban J connectivity index is 2.90. The number of anilines is 1. The molecule has 0 spiro atoms. The minimum atomic E-state index is -3.41. The summed E-state index contributed by atoms with van der Waals surface area (Å²) < 4.78 is 31.5. The molecule has 1 rings (SSSR count). The molecule has 0 radical (unpaired) electrons. The van der Waals surface area contributed by atoms with E-state index in [1.807, 2.05) is 13.0 Å². The van der Waals surface area contributed by atoms with Gasteiger partial charge in [0.1, 0.15) is 5.75 Å². The average molecular weight is 292 g/mol. The first kappa shape index (κ1) is 15.1. The Bertz CT molecular complexity index is 502. The maximum atomic E-state index is 11.9. The van der Waals surface area contributed by atoms with Gasteiger partial charge < -0.3 is 4.74 Å². The molecule has 1 atom stereocenters. The second-order valence-electron chi connectivity index (χ2n) is 4.35. The van der Waals surface area contributed by atoms with Crippen LogP contribution in [0.3, 0.4) is 0 Å². The molecule has 6 heteroatoms. The van der Waals surface area contributed by atoms with E-state index in [1.165, 1.54) is 7.11 Å². The van der Waals surface area contributed by atoms with Crippen molar-refractivity contribution in [3.05, 3.63) is 23.8 Å². The smallest absolute Gasteiger partial charge is 0.233 e. The molecule has 1 aromatic rings. The zero-order chi connectivity index (χ0) is 13.8. The van der Waals surface area contributed by atoms with Crippen molar-refractivity contribution in [2.75, 3.05) is 23.5 Å². The Morgan fingerprint density at radius 3 is 2.67 bits per heavy atom. The van der Waals surface area contributed by atoms with Crippen molar-refractivity contribution in [1.82, 2.24) is 0 Å². The molecule has 0 aliphatic heterocycles. The van der Waals surface area contributed by atoms with Gasteiger partial charge in [-0.25, -0.2) is 8.42 Å². The molecule has 0 bridgehead atoms. The summed E-state index contributed by atoms with van der Waals surface area (Å²) in [6, 6.07) is 5.30. The number of halogens is 1. The highest BCUT2D eigenvalue weighted by Gasteiger charge is 2.17. The molecule has 1 aromatic carbocycles. The SMILES string of the molecule is COc1cc(C)ccc1NS(=O)(=O)CC(C)CCl. The first-order valence-corrected chi connectivity index (χ1v) is 7.77. The van der Waals surface area contributed by atoms with Crippen LogP contribution in [-0.2, 0) is 10.0 Å². The maximum absolute atomic E-state index is 11.9. The third-order valence-corrected chi connectivity index (χ3v) is 4.46. The minimum Gasteiger partial charge on any atom is -0.495 e. The molecule has 1 unspecified atom stereocenters. The second kappa shape index (κ2) is 6.29. The van der Waals surface area contributed by atoms with E-state index in [-0.39, 0.29) is 11.7 Å². The third kappa shape index (κ3) is 4.38. The first-order chi connectivity index (χ1) is 8.38. The fourth-order valence-corrected chi connectivity index (χ4v) is 3.20. The molecule has 0 aliphatic rings. The highest BCUT2D eigenvalue weighted by atomic mass is 35.5. The Morgan fingerprint density at radius 2 is 2.11 bits per heavy atom. The quantitative estimate of drug-likeness (QED) is 0.820.